The Balaban J connectivity index is 1.86. The second-order valence-corrected chi connectivity index (χ2v) is 9.18. The van der Waals surface area contributed by atoms with Crippen LogP contribution in [-0.4, -0.2) is 45.2 Å². The predicted octanol–water partition coefficient (Wildman–Crippen LogP) is 3.27. The number of nitrogens with zero attached hydrogens (tertiary/aromatic N) is 1. The van der Waals surface area contributed by atoms with Gasteiger partial charge < -0.3 is 14.7 Å². The number of aromatic carboxylic acids is 1. The fraction of sp³-hybridized carbons (Fsp3) is 0.364. The largest absolute Gasteiger partial charge is 0.478 e. The molecule has 0 aliphatic carbocycles. The third-order valence-electron chi connectivity index (χ3n) is 5.16. The number of nitrogens with one attached hydrogen (secondary N) is 1. The summed E-state index contributed by atoms with van der Waals surface area (Å²) in [6, 6.07) is 10.9. The van der Waals surface area contributed by atoms with Crippen molar-refractivity contribution in [3.05, 3.63) is 53.6 Å². The van der Waals surface area contributed by atoms with Crippen LogP contribution >= 0.6 is 0 Å². The predicted molar refractivity (Wildman–Crippen MR) is 117 cm³/mol. The van der Waals surface area contributed by atoms with Gasteiger partial charge in [0.2, 0.25) is 0 Å². The molecule has 1 saturated heterocycles. The number of esters is 1. The highest BCUT2D eigenvalue weighted by Crippen LogP contribution is 2.30. The van der Waals surface area contributed by atoms with Gasteiger partial charge in [-0.05, 0) is 62.6 Å². The Hall–Kier alpha value is -3.07. The third-order valence-corrected chi connectivity index (χ3v) is 6.54. The number of carboxylic acid groups (broad SMARTS) is 1. The molecule has 8 nitrogen and oxygen atoms in total. The van der Waals surface area contributed by atoms with E-state index in [1.165, 1.54) is 24.3 Å². The van der Waals surface area contributed by atoms with Gasteiger partial charge in [-0.15, -0.1) is 0 Å². The number of hydrogen-bond donors (Lipinski definition) is 2. The molecule has 0 radical (unpaired) electrons. The van der Waals surface area contributed by atoms with Crippen molar-refractivity contribution in [2.45, 2.75) is 31.6 Å². The minimum Gasteiger partial charge on any atom is -0.478 e. The summed E-state index contributed by atoms with van der Waals surface area (Å²) < 4.78 is 32.9. The fourth-order valence-electron chi connectivity index (χ4n) is 3.69. The van der Waals surface area contributed by atoms with Crippen molar-refractivity contribution in [1.29, 1.82) is 0 Å². The van der Waals surface area contributed by atoms with Gasteiger partial charge in [0.15, 0.2) is 0 Å². The van der Waals surface area contributed by atoms with Gasteiger partial charge in [0.1, 0.15) is 0 Å². The molecule has 1 atom stereocenters. The Morgan fingerprint density at radius 3 is 2.68 bits per heavy atom. The molecule has 0 amide bonds. The molecule has 0 bridgehead atoms. The summed E-state index contributed by atoms with van der Waals surface area (Å²) in [6.45, 7) is 4.79. The number of sulfonamides is 1. The summed E-state index contributed by atoms with van der Waals surface area (Å²) in [5.41, 5.74) is 1.36. The van der Waals surface area contributed by atoms with Crippen LogP contribution in [0.2, 0.25) is 0 Å². The average Bonchev–Trinajstić information content (AvgIpc) is 2.73. The highest BCUT2D eigenvalue weighted by Gasteiger charge is 2.29. The van der Waals surface area contributed by atoms with Crippen LogP contribution in [0.5, 0.6) is 0 Å². The summed E-state index contributed by atoms with van der Waals surface area (Å²) in [4.78, 5) is 26.0. The zero-order chi connectivity index (χ0) is 22.6. The van der Waals surface area contributed by atoms with Crippen molar-refractivity contribution in [3.8, 4) is 0 Å². The number of ether oxygens (including phenoxy) is 1. The van der Waals surface area contributed by atoms with Gasteiger partial charge in [-0.2, -0.15) is 0 Å². The molecule has 0 saturated carbocycles. The number of rotatable bonds is 7. The fourth-order valence-corrected chi connectivity index (χ4v) is 4.85. The minimum absolute atomic E-state index is 0.0334. The third kappa shape index (κ3) is 5.35. The van der Waals surface area contributed by atoms with Crippen LogP contribution in [0.4, 0.5) is 11.4 Å². The summed E-state index contributed by atoms with van der Waals surface area (Å²) in [6.07, 6.45) is 1.41. The quantitative estimate of drug-likeness (QED) is 0.628. The van der Waals surface area contributed by atoms with Crippen molar-refractivity contribution >= 4 is 33.3 Å². The van der Waals surface area contributed by atoms with Crippen molar-refractivity contribution in [1.82, 2.24) is 0 Å². The van der Waals surface area contributed by atoms with Crippen LogP contribution in [-0.2, 0) is 19.6 Å². The van der Waals surface area contributed by atoms with E-state index in [4.69, 9.17) is 4.74 Å². The number of hydrogen-bond acceptors (Lipinski definition) is 6. The molecule has 1 heterocycles. The van der Waals surface area contributed by atoms with Gasteiger partial charge in [0.25, 0.3) is 10.0 Å². The molecule has 0 aromatic heterocycles. The Morgan fingerprint density at radius 1 is 1.23 bits per heavy atom. The number of piperidine rings is 1. The summed E-state index contributed by atoms with van der Waals surface area (Å²) in [7, 11) is -3.86. The highest BCUT2D eigenvalue weighted by atomic mass is 32.2. The number of aryl methyl sites for hydroxylation is 1. The first-order chi connectivity index (χ1) is 14.7. The van der Waals surface area contributed by atoms with E-state index >= 15 is 0 Å². The number of benzene rings is 2. The topological polar surface area (TPSA) is 113 Å². The lowest BCUT2D eigenvalue weighted by Crippen LogP contribution is -2.40. The van der Waals surface area contributed by atoms with Crippen molar-refractivity contribution < 1.29 is 27.9 Å². The SMILES string of the molecule is CCOC(=O)[C@@H]1CCCN(c2ccc(NS(=O)(=O)c3cccc(C)c3)cc2C(=O)O)C1. The van der Waals surface area contributed by atoms with E-state index in [2.05, 4.69) is 4.72 Å². The molecule has 1 fully saturated rings. The molecular weight excluding hydrogens is 420 g/mol. The molecule has 166 valence electrons. The van der Waals surface area contributed by atoms with Gasteiger partial charge >= 0.3 is 11.9 Å². The number of carbonyl (C=O) groups excluding carboxylic acids is 1. The molecule has 2 N–H and O–H groups in total. The number of carboxylic acids is 1. The average molecular weight is 447 g/mol. The maximum atomic E-state index is 12.7. The second-order valence-electron chi connectivity index (χ2n) is 7.50. The Kier molecular flexibility index (Phi) is 6.84. The molecular formula is C22H26N2O6S. The molecule has 9 heteroatoms. The van der Waals surface area contributed by atoms with Crippen LogP contribution in [0.1, 0.15) is 35.7 Å². The first-order valence-electron chi connectivity index (χ1n) is 10.1. The van der Waals surface area contributed by atoms with E-state index in [0.717, 1.165) is 12.0 Å². The van der Waals surface area contributed by atoms with Gasteiger partial charge in [-0.25, -0.2) is 13.2 Å². The summed E-state index contributed by atoms with van der Waals surface area (Å²) in [5.74, 6) is -1.79. The molecule has 3 rings (SSSR count). The van der Waals surface area contributed by atoms with E-state index in [1.807, 2.05) is 4.90 Å². The van der Waals surface area contributed by atoms with Crippen molar-refractivity contribution in [3.63, 3.8) is 0 Å². The van der Waals surface area contributed by atoms with Gasteiger partial charge in [-0.1, -0.05) is 12.1 Å². The van der Waals surface area contributed by atoms with E-state index in [-0.39, 0.29) is 28.0 Å². The second kappa shape index (κ2) is 9.38. The molecule has 0 unspecified atom stereocenters. The first kappa shape index (κ1) is 22.6. The lowest BCUT2D eigenvalue weighted by molar-refractivity contribution is -0.148. The van der Waals surface area contributed by atoms with Gasteiger partial charge in [-0.3, -0.25) is 9.52 Å². The normalized spacial score (nSPS) is 16.6. The van der Waals surface area contributed by atoms with Crippen LogP contribution in [0.15, 0.2) is 47.4 Å². The minimum atomic E-state index is -3.86. The molecule has 2 aromatic carbocycles. The first-order valence-corrected chi connectivity index (χ1v) is 11.6. The van der Waals surface area contributed by atoms with Crippen LogP contribution in [0, 0.1) is 12.8 Å². The molecule has 1 aliphatic heterocycles. The van der Waals surface area contributed by atoms with E-state index < -0.39 is 16.0 Å². The number of carbonyl (C=O) groups is 2. The molecule has 31 heavy (non-hydrogen) atoms. The van der Waals surface area contributed by atoms with E-state index in [1.54, 1.807) is 32.0 Å². The molecule has 0 spiro atoms. The summed E-state index contributed by atoms with van der Waals surface area (Å²) in [5, 5.41) is 9.74. The van der Waals surface area contributed by atoms with E-state index in [9.17, 15) is 23.1 Å². The van der Waals surface area contributed by atoms with Gasteiger partial charge in [0, 0.05) is 18.8 Å². The van der Waals surface area contributed by atoms with Gasteiger partial charge in [0.05, 0.1) is 28.7 Å². The van der Waals surface area contributed by atoms with Crippen LogP contribution < -0.4 is 9.62 Å². The standard InChI is InChI=1S/C22H26N2O6S/c1-3-30-22(27)16-7-5-11-24(14-16)20-10-9-17(13-19(20)21(25)26)23-31(28,29)18-8-4-6-15(2)12-18/h4,6,8-10,12-13,16,23H,3,5,7,11,14H2,1-2H3,(H,25,26)/t16-/m1/s1. The lowest BCUT2D eigenvalue weighted by Gasteiger charge is -2.34. The zero-order valence-corrected chi connectivity index (χ0v) is 18.3. The zero-order valence-electron chi connectivity index (χ0n) is 17.5. The maximum absolute atomic E-state index is 12.7. The van der Waals surface area contributed by atoms with Crippen LogP contribution in [0.25, 0.3) is 0 Å². The molecule has 2 aromatic rings. The van der Waals surface area contributed by atoms with E-state index in [0.29, 0.717) is 31.8 Å². The monoisotopic (exact) mass is 446 g/mol. The van der Waals surface area contributed by atoms with Crippen molar-refractivity contribution in [2.24, 2.45) is 5.92 Å². The maximum Gasteiger partial charge on any atom is 0.337 e. The summed E-state index contributed by atoms with van der Waals surface area (Å²) >= 11 is 0. The smallest absolute Gasteiger partial charge is 0.337 e. The van der Waals surface area contributed by atoms with Crippen LogP contribution in [0.3, 0.4) is 0 Å². The number of anilines is 2. The Bertz CT molecular complexity index is 1080. The molecule has 1 aliphatic rings. The lowest BCUT2D eigenvalue weighted by atomic mass is 9.97. The highest BCUT2D eigenvalue weighted by molar-refractivity contribution is 7.92. The Morgan fingerprint density at radius 2 is 2.00 bits per heavy atom. The van der Waals surface area contributed by atoms with Crippen molar-refractivity contribution in [2.75, 3.05) is 29.3 Å². The Labute approximate surface area is 181 Å².